The highest BCUT2D eigenvalue weighted by atomic mass is 32.1. The van der Waals surface area contributed by atoms with Gasteiger partial charge in [0.05, 0.1) is 13.2 Å². The normalized spacial score (nSPS) is 18.7. The van der Waals surface area contributed by atoms with E-state index in [1.165, 1.54) is 10.5 Å². The van der Waals surface area contributed by atoms with E-state index in [2.05, 4.69) is 39.9 Å². The first-order valence-electron chi connectivity index (χ1n) is 11.4. The molecule has 1 spiro atoms. The van der Waals surface area contributed by atoms with Crippen LogP contribution in [0.5, 0.6) is 0 Å². The first kappa shape index (κ1) is 22.1. The third-order valence-corrected chi connectivity index (χ3v) is 7.75. The van der Waals surface area contributed by atoms with Crippen molar-refractivity contribution in [3.05, 3.63) is 70.4 Å². The number of thiophene rings is 1. The number of likely N-dealkylation sites (tertiary alicyclic amines) is 1. The average Bonchev–Trinajstić information content (AvgIpc) is 3.41. The molecule has 0 atom stereocenters. The third kappa shape index (κ3) is 4.05. The summed E-state index contributed by atoms with van der Waals surface area (Å²) in [6.45, 7) is 3.61. The Bertz CT molecular complexity index is 1130. The molecular formula is C26H29N3O3S. The van der Waals surface area contributed by atoms with Crippen LogP contribution in [0.1, 0.15) is 24.0 Å². The van der Waals surface area contributed by atoms with E-state index in [9.17, 15) is 9.59 Å². The molecular weight excluding hydrogens is 434 g/mol. The lowest BCUT2D eigenvalue weighted by molar-refractivity contribution is -0.136. The highest BCUT2D eigenvalue weighted by molar-refractivity contribution is 7.07. The van der Waals surface area contributed by atoms with Gasteiger partial charge in [-0.25, -0.2) is 4.79 Å². The smallest absolute Gasteiger partial charge is 0.328 e. The predicted molar refractivity (Wildman–Crippen MR) is 130 cm³/mol. The molecule has 3 heterocycles. The summed E-state index contributed by atoms with van der Waals surface area (Å²) >= 11 is 1.70. The minimum atomic E-state index is -0.772. The van der Waals surface area contributed by atoms with Crippen molar-refractivity contribution >= 4 is 34.0 Å². The summed E-state index contributed by atoms with van der Waals surface area (Å²) < 4.78 is 5.29. The Morgan fingerprint density at radius 2 is 1.79 bits per heavy atom. The van der Waals surface area contributed by atoms with Crippen LogP contribution in [-0.2, 0) is 22.6 Å². The number of rotatable bonds is 7. The van der Waals surface area contributed by atoms with Crippen LogP contribution in [0, 0.1) is 0 Å². The molecule has 3 amide bonds. The van der Waals surface area contributed by atoms with Crippen molar-refractivity contribution in [1.29, 1.82) is 0 Å². The molecule has 33 heavy (non-hydrogen) atoms. The van der Waals surface area contributed by atoms with Gasteiger partial charge in [-0.15, -0.1) is 0 Å². The lowest BCUT2D eigenvalue weighted by Crippen LogP contribution is -2.57. The van der Waals surface area contributed by atoms with E-state index in [0.717, 1.165) is 36.0 Å². The van der Waals surface area contributed by atoms with Gasteiger partial charge < -0.3 is 9.64 Å². The van der Waals surface area contributed by atoms with Gasteiger partial charge in [0.1, 0.15) is 5.54 Å². The molecule has 2 aliphatic rings. The van der Waals surface area contributed by atoms with Gasteiger partial charge in [0.2, 0.25) is 0 Å². The lowest BCUT2D eigenvalue weighted by atomic mass is 9.85. The molecule has 0 saturated carbocycles. The van der Waals surface area contributed by atoms with Crippen LogP contribution in [0.25, 0.3) is 10.8 Å². The summed E-state index contributed by atoms with van der Waals surface area (Å²) in [5, 5.41) is 6.46. The Labute approximate surface area is 198 Å². The van der Waals surface area contributed by atoms with E-state index in [0.29, 0.717) is 32.5 Å². The minimum Gasteiger partial charge on any atom is -0.383 e. The number of benzene rings is 2. The number of piperidine rings is 1. The van der Waals surface area contributed by atoms with Gasteiger partial charge in [-0.2, -0.15) is 11.3 Å². The van der Waals surface area contributed by atoms with Crippen LogP contribution in [-0.4, -0.2) is 65.5 Å². The number of hydrogen-bond donors (Lipinski definition) is 0. The number of carbonyl (C=O) groups is 2. The fraction of sp³-hybridized carbons (Fsp3) is 0.385. The Kier molecular flexibility index (Phi) is 6.19. The molecule has 0 aliphatic carbocycles. The topological polar surface area (TPSA) is 53.1 Å². The number of amides is 3. The number of nitrogens with zero attached hydrogens (tertiary/aromatic N) is 3. The summed E-state index contributed by atoms with van der Waals surface area (Å²) in [4.78, 5) is 33.0. The van der Waals surface area contributed by atoms with Gasteiger partial charge in [-0.3, -0.25) is 14.6 Å². The van der Waals surface area contributed by atoms with Gasteiger partial charge in [0, 0.05) is 33.3 Å². The molecule has 2 aromatic carbocycles. The highest BCUT2D eigenvalue weighted by Crippen LogP contribution is 2.38. The largest absolute Gasteiger partial charge is 0.383 e. The summed E-state index contributed by atoms with van der Waals surface area (Å²) in [5.41, 5.74) is 1.53. The molecule has 1 aromatic heterocycles. The standard InChI is InChI=1S/C26H29N3O3S/c1-32-15-14-29-25(31)28(18-22-7-4-6-21-5-2-3-8-23(21)22)24(30)26(29)10-12-27(13-11-26)17-20-9-16-33-19-20/h2-9,16,19H,10-15,17-18H2,1H3. The van der Waals surface area contributed by atoms with Crippen molar-refractivity contribution in [3.63, 3.8) is 0 Å². The van der Waals surface area contributed by atoms with Gasteiger partial charge >= 0.3 is 6.03 Å². The number of imide groups is 1. The summed E-state index contributed by atoms with van der Waals surface area (Å²) in [5.74, 6) is -0.0632. The van der Waals surface area contributed by atoms with E-state index in [1.807, 2.05) is 24.3 Å². The van der Waals surface area contributed by atoms with Crippen LogP contribution in [0.2, 0.25) is 0 Å². The molecule has 0 N–H and O–H groups in total. The Morgan fingerprint density at radius 3 is 2.55 bits per heavy atom. The van der Waals surface area contributed by atoms with Crippen LogP contribution in [0.4, 0.5) is 4.79 Å². The maximum Gasteiger partial charge on any atom is 0.328 e. The number of fused-ring (bicyclic) bond motifs is 1. The second-order valence-corrected chi connectivity index (χ2v) is 9.68. The first-order valence-corrected chi connectivity index (χ1v) is 12.4. The van der Waals surface area contributed by atoms with Crippen molar-refractivity contribution in [2.75, 3.05) is 33.4 Å². The molecule has 172 valence electrons. The van der Waals surface area contributed by atoms with Crippen molar-refractivity contribution < 1.29 is 14.3 Å². The summed E-state index contributed by atoms with van der Waals surface area (Å²) in [6.07, 6.45) is 1.30. The van der Waals surface area contributed by atoms with Gasteiger partial charge in [0.25, 0.3) is 5.91 Å². The van der Waals surface area contributed by atoms with E-state index in [1.54, 1.807) is 23.3 Å². The quantitative estimate of drug-likeness (QED) is 0.489. The SMILES string of the molecule is COCCN1C(=O)N(Cc2cccc3ccccc23)C(=O)C12CCN(Cc1ccsc1)CC2. The van der Waals surface area contributed by atoms with Crippen molar-refractivity contribution in [3.8, 4) is 0 Å². The van der Waals surface area contributed by atoms with Crippen LogP contribution >= 0.6 is 11.3 Å². The molecule has 6 nitrogen and oxygen atoms in total. The first-order chi connectivity index (χ1) is 16.1. The summed E-state index contributed by atoms with van der Waals surface area (Å²) in [6, 6.07) is 16.1. The fourth-order valence-corrected chi connectivity index (χ4v) is 5.88. The number of urea groups is 1. The Balaban J connectivity index is 1.39. The third-order valence-electron chi connectivity index (χ3n) is 7.02. The molecule has 7 heteroatoms. The van der Waals surface area contributed by atoms with E-state index < -0.39 is 5.54 Å². The van der Waals surface area contributed by atoms with Crippen LogP contribution < -0.4 is 0 Å². The van der Waals surface area contributed by atoms with Crippen molar-refractivity contribution in [1.82, 2.24) is 14.7 Å². The Hall–Kier alpha value is -2.74. The summed E-state index contributed by atoms with van der Waals surface area (Å²) in [7, 11) is 1.63. The maximum absolute atomic E-state index is 13.8. The van der Waals surface area contributed by atoms with Crippen molar-refractivity contribution in [2.45, 2.75) is 31.5 Å². The molecule has 0 bridgehead atoms. The monoisotopic (exact) mass is 463 g/mol. The molecule has 3 aromatic rings. The number of hydrogen-bond acceptors (Lipinski definition) is 5. The zero-order chi connectivity index (χ0) is 22.8. The van der Waals surface area contributed by atoms with E-state index in [-0.39, 0.29) is 11.9 Å². The van der Waals surface area contributed by atoms with Gasteiger partial charge in [-0.1, -0.05) is 42.5 Å². The molecule has 2 saturated heterocycles. The molecule has 2 fully saturated rings. The van der Waals surface area contributed by atoms with Gasteiger partial charge in [0.15, 0.2) is 0 Å². The average molecular weight is 464 g/mol. The predicted octanol–water partition coefficient (Wildman–Crippen LogP) is 4.35. The zero-order valence-electron chi connectivity index (χ0n) is 18.9. The Morgan fingerprint density at radius 1 is 1.00 bits per heavy atom. The molecule has 5 rings (SSSR count). The van der Waals surface area contributed by atoms with Crippen LogP contribution in [0.3, 0.4) is 0 Å². The highest BCUT2D eigenvalue weighted by Gasteiger charge is 2.57. The van der Waals surface area contributed by atoms with E-state index >= 15 is 0 Å². The lowest BCUT2D eigenvalue weighted by Gasteiger charge is -2.42. The van der Waals surface area contributed by atoms with Crippen molar-refractivity contribution in [2.24, 2.45) is 0 Å². The zero-order valence-corrected chi connectivity index (χ0v) is 19.7. The molecule has 2 aliphatic heterocycles. The second kappa shape index (κ2) is 9.25. The molecule has 0 radical (unpaired) electrons. The van der Waals surface area contributed by atoms with E-state index in [4.69, 9.17) is 4.74 Å². The van der Waals surface area contributed by atoms with Crippen LogP contribution in [0.15, 0.2) is 59.3 Å². The number of methoxy groups -OCH3 is 1. The maximum atomic E-state index is 13.8. The minimum absolute atomic E-state index is 0.0632. The second-order valence-electron chi connectivity index (χ2n) is 8.90. The fourth-order valence-electron chi connectivity index (χ4n) is 5.22. The van der Waals surface area contributed by atoms with Gasteiger partial charge in [-0.05, 0) is 51.6 Å². The molecule has 0 unspecified atom stereocenters. The number of carbonyl (C=O) groups excluding carboxylic acids is 2. The number of ether oxygens (including phenoxy) is 1.